The van der Waals surface area contributed by atoms with Crippen molar-refractivity contribution in [1.29, 1.82) is 0 Å². The molecule has 1 aliphatic heterocycles. The quantitative estimate of drug-likeness (QED) is 0.795. The third-order valence-electron chi connectivity index (χ3n) is 4.64. The number of aliphatic hydroxyl groups is 2. The van der Waals surface area contributed by atoms with E-state index < -0.39 is 24.4 Å². The van der Waals surface area contributed by atoms with Gasteiger partial charge in [0.25, 0.3) is 0 Å². The van der Waals surface area contributed by atoms with Crippen LogP contribution in [0.25, 0.3) is 0 Å². The van der Waals surface area contributed by atoms with Gasteiger partial charge in [0.2, 0.25) is 0 Å². The van der Waals surface area contributed by atoms with Crippen LogP contribution in [0, 0.1) is 0 Å². The molecule has 0 aliphatic carbocycles. The molecule has 2 aromatic rings. The van der Waals surface area contributed by atoms with Gasteiger partial charge in [-0.15, -0.1) is 0 Å². The third kappa shape index (κ3) is 4.69. The van der Waals surface area contributed by atoms with Gasteiger partial charge in [-0.2, -0.15) is 0 Å². The van der Waals surface area contributed by atoms with Crippen LogP contribution in [0.2, 0.25) is 0 Å². The first-order chi connectivity index (χ1) is 12.7. The lowest BCUT2D eigenvalue weighted by molar-refractivity contribution is -0.253. The van der Waals surface area contributed by atoms with Gasteiger partial charge in [0.15, 0.2) is 0 Å². The molecule has 0 radical (unpaired) electrons. The molecule has 1 saturated heterocycles. The summed E-state index contributed by atoms with van der Waals surface area (Å²) < 4.78 is 17.8. The molecule has 1 fully saturated rings. The molecular weight excluding hydrogens is 332 g/mol. The van der Waals surface area contributed by atoms with Crippen LogP contribution in [0.1, 0.15) is 18.1 Å². The highest BCUT2D eigenvalue weighted by atomic mass is 16.6. The standard InChI is InChI=1S/C21H26O5/c1-15-20(24-13-16-8-4-2-5-9-16)21(19(23)18(12-22)26-15)25-14-17-10-6-3-7-11-17/h2-11,15,18-23H,12-14H2,1H3/t15-,18+,19+,20-,21-/m0/s1. The average molecular weight is 358 g/mol. The van der Waals surface area contributed by atoms with E-state index in [-0.39, 0.29) is 12.7 Å². The fourth-order valence-electron chi connectivity index (χ4n) is 3.21. The molecule has 2 aromatic carbocycles. The lowest BCUT2D eigenvalue weighted by Gasteiger charge is -2.43. The molecule has 140 valence electrons. The second-order valence-electron chi connectivity index (χ2n) is 6.58. The normalized spacial score (nSPS) is 28.8. The number of ether oxygens (including phenoxy) is 3. The molecule has 1 aliphatic rings. The van der Waals surface area contributed by atoms with E-state index in [2.05, 4.69) is 0 Å². The summed E-state index contributed by atoms with van der Waals surface area (Å²) in [6.07, 6.45) is -2.96. The van der Waals surface area contributed by atoms with Gasteiger partial charge in [0.05, 0.1) is 25.9 Å². The molecule has 0 amide bonds. The van der Waals surface area contributed by atoms with Crippen LogP contribution in [0.5, 0.6) is 0 Å². The number of hydrogen-bond donors (Lipinski definition) is 2. The van der Waals surface area contributed by atoms with E-state index in [0.29, 0.717) is 13.2 Å². The lowest BCUT2D eigenvalue weighted by atomic mass is 9.95. The molecule has 0 spiro atoms. The smallest absolute Gasteiger partial charge is 0.115 e. The molecule has 1 heterocycles. The fourth-order valence-corrected chi connectivity index (χ4v) is 3.21. The van der Waals surface area contributed by atoms with Crippen LogP contribution in [0.3, 0.4) is 0 Å². The molecule has 0 unspecified atom stereocenters. The van der Waals surface area contributed by atoms with Gasteiger partial charge in [0, 0.05) is 0 Å². The Balaban J connectivity index is 1.69. The topological polar surface area (TPSA) is 68.2 Å². The first-order valence-electron chi connectivity index (χ1n) is 8.94. The van der Waals surface area contributed by atoms with E-state index in [1.807, 2.05) is 67.6 Å². The first kappa shape index (κ1) is 19.0. The SMILES string of the molecule is C[C@@H]1O[C@H](CO)[C@@H](O)[C@H](OCc2ccccc2)[C@H]1OCc1ccccc1. The van der Waals surface area contributed by atoms with Crippen LogP contribution in [-0.2, 0) is 27.4 Å². The third-order valence-corrected chi connectivity index (χ3v) is 4.64. The molecular formula is C21H26O5. The number of benzene rings is 2. The first-order valence-corrected chi connectivity index (χ1v) is 8.94. The van der Waals surface area contributed by atoms with Crippen molar-refractivity contribution in [3.63, 3.8) is 0 Å². The Kier molecular flexibility index (Phi) is 6.77. The van der Waals surface area contributed by atoms with Crippen molar-refractivity contribution in [3.8, 4) is 0 Å². The summed E-state index contributed by atoms with van der Waals surface area (Å²) in [5, 5.41) is 20.1. The Morgan fingerprint density at radius 2 is 1.35 bits per heavy atom. The number of hydrogen-bond acceptors (Lipinski definition) is 5. The van der Waals surface area contributed by atoms with E-state index >= 15 is 0 Å². The minimum atomic E-state index is -0.958. The molecule has 3 rings (SSSR count). The van der Waals surface area contributed by atoms with E-state index in [4.69, 9.17) is 14.2 Å². The molecule has 5 atom stereocenters. The van der Waals surface area contributed by atoms with E-state index in [1.165, 1.54) is 0 Å². The summed E-state index contributed by atoms with van der Waals surface area (Å²) in [6, 6.07) is 19.6. The second-order valence-corrected chi connectivity index (χ2v) is 6.58. The summed E-state index contributed by atoms with van der Waals surface area (Å²) >= 11 is 0. The Morgan fingerprint density at radius 1 is 0.846 bits per heavy atom. The maximum atomic E-state index is 10.6. The van der Waals surface area contributed by atoms with E-state index in [9.17, 15) is 10.2 Å². The second kappa shape index (κ2) is 9.26. The van der Waals surface area contributed by atoms with Crippen LogP contribution in [-0.4, -0.2) is 47.3 Å². The van der Waals surface area contributed by atoms with Crippen molar-refractivity contribution in [2.75, 3.05) is 6.61 Å². The van der Waals surface area contributed by atoms with Crippen molar-refractivity contribution < 1.29 is 24.4 Å². The van der Waals surface area contributed by atoms with Gasteiger partial charge in [-0.1, -0.05) is 60.7 Å². The van der Waals surface area contributed by atoms with Crippen LogP contribution < -0.4 is 0 Å². The fraction of sp³-hybridized carbons (Fsp3) is 0.429. The summed E-state index contributed by atoms with van der Waals surface area (Å²) in [5.74, 6) is 0. The Bertz CT molecular complexity index is 648. The predicted molar refractivity (Wildman–Crippen MR) is 97.5 cm³/mol. The van der Waals surface area contributed by atoms with Gasteiger partial charge in [-0.05, 0) is 18.1 Å². The van der Waals surface area contributed by atoms with Crippen LogP contribution in [0.4, 0.5) is 0 Å². The molecule has 0 aromatic heterocycles. The van der Waals surface area contributed by atoms with E-state index in [1.54, 1.807) is 0 Å². The lowest BCUT2D eigenvalue weighted by Crippen LogP contribution is -2.59. The number of aliphatic hydroxyl groups excluding tert-OH is 2. The summed E-state index contributed by atoms with van der Waals surface area (Å²) in [5.41, 5.74) is 2.06. The zero-order valence-electron chi connectivity index (χ0n) is 14.9. The summed E-state index contributed by atoms with van der Waals surface area (Å²) in [4.78, 5) is 0. The molecule has 5 nitrogen and oxygen atoms in total. The number of rotatable bonds is 7. The average Bonchev–Trinajstić information content (AvgIpc) is 2.69. The maximum absolute atomic E-state index is 10.6. The zero-order valence-corrected chi connectivity index (χ0v) is 14.9. The van der Waals surface area contributed by atoms with Gasteiger partial charge in [-0.25, -0.2) is 0 Å². The molecule has 5 heteroatoms. The van der Waals surface area contributed by atoms with Crippen molar-refractivity contribution in [2.45, 2.75) is 50.7 Å². The predicted octanol–water partition coefficient (Wildman–Crippen LogP) is 2.30. The van der Waals surface area contributed by atoms with Crippen molar-refractivity contribution in [1.82, 2.24) is 0 Å². The Hall–Kier alpha value is -1.76. The Morgan fingerprint density at radius 3 is 1.85 bits per heavy atom. The minimum Gasteiger partial charge on any atom is -0.394 e. The molecule has 0 bridgehead atoms. The zero-order chi connectivity index (χ0) is 18.4. The van der Waals surface area contributed by atoms with Crippen molar-refractivity contribution >= 4 is 0 Å². The highest BCUT2D eigenvalue weighted by Gasteiger charge is 2.44. The maximum Gasteiger partial charge on any atom is 0.115 e. The summed E-state index contributed by atoms with van der Waals surface area (Å²) in [6.45, 7) is 2.38. The largest absolute Gasteiger partial charge is 0.394 e. The summed E-state index contributed by atoms with van der Waals surface area (Å²) in [7, 11) is 0. The van der Waals surface area contributed by atoms with Gasteiger partial charge in [0.1, 0.15) is 24.4 Å². The molecule has 2 N–H and O–H groups in total. The highest BCUT2D eigenvalue weighted by Crippen LogP contribution is 2.27. The minimum absolute atomic E-state index is 0.262. The molecule has 0 saturated carbocycles. The molecule has 26 heavy (non-hydrogen) atoms. The van der Waals surface area contributed by atoms with Crippen molar-refractivity contribution in [2.24, 2.45) is 0 Å². The van der Waals surface area contributed by atoms with Gasteiger partial charge >= 0.3 is 0 Å². The Labute approximate surface area is 154 Å². The monoisotopic (exact) mass is 358 g/mol. The van der Waals surface area contributed by atoms with Gasteiger partial charge < -0.3 is 24.4 Å². The van der Waals surface area contributed by atoms with E-state index in [0.717, 1.165) is 11.1 Å². The van der Waals surface area contributed by atoms with Crippen LogP contribution >= 0.6 is 0 Å². The van der Waals surface area contributed by atoms with Gasteiger partial charge in [-0.3, -0.25) is 0 Å². The highest BCUT2D eigenvalue weighted by molar-refractivity contribution is 5.14. The van der Waals surface area contributed by atoms with Crippen molar-refractivity contribution in [3.05, 3.63) is 71.8 Å². The van der Waals surface area contributed by atoms with Crippen LogP contribution in [0.15, 0.2) is 60.7 Å².